The minimum Gasteiger partial charge on any atom is -0.497 e. The van der Waals surface area contributed by atoms with E-state index in [4.69, 9.17) is 26.4 Å². The first-order valence-corrected chi connectivity index (χ1v) is 8.87. The van der Waals surface area contributed by atoms with Crippen molar-refractivity contribution in [3.8, 4) is 17.2 Å². The lowest BCUT2D eigenvalue weighted by Gasteiger charge is -2.14. The van der Waals surface area contributed by atoms with Crippen molar-refractivity contribution in [1.82, 2.24) is 5.32 Å². The molecule has 0 saturated carbocycles. The highest BCUT2D eigenvalue weighted by molar-refractivity contribution is 9.10. The number of hydrogen-bond donors (Lipinski definition) is 1. The molecule has 8 heteroatoms. The molecule has 0 aliphatic carbocycles. The number of benzene rings is 2. The van der Waals surface area contributed by atoms with Crippen LogP contribution in [0.5, 0.6) is 17.2 Å². The molecule has 1 N–H and O–H groups in total. The average Bonchev–Trinajstić information content (AvgIpc) is 3.19. The van der Waals surface area contributed by atoms with Gasteiger partial charge in [-0.15, -0.1) is 0 Å². The highest BCUT2D eigenvalue weighted by Gasteiger charge is 2.32. The first-order chi connectivity index (χ1) is 12.6. The normalized spacial score (nSPS) is 17.0. The molecule has 2 heterocycles. The lowest BCUT2D eigenvalue weighted by atomic mass is 10.1. The second-order valence-corrected chi connectivity index (χ2v) is 6.79. The smallest absolute Gasteiger partial charge is 0.281 e. The van der Waals surface area contributed by atoms with Gasteiger partial charge in [0.25, 0.3) is 5.91 Å². The second-order valence-electron chi connectivity index (χ2n) is 5.55. The van der Waals surface area contributed by atoms with Gasteiger partial charge in [0.2, 0.25) is 6.79 Å². The van der Waals surface area contributed by atoms with Gasteiger partial charge in [0.15, 0.2) is 16.6 Å². The quantitative estimate of drug-likeness (QED) is 0.591. The summed E-state index contributed by atoms with van der Waals surface area (Å²) >= 11 is 8.82. The summed E-state index contributed by atoms with van der Waals surface area (Å²) in [5.41, 5.74) is 1.83. The largest absolute Gasteiger partial charge is 0.497 e. The number of nitrogens with zero attached hydrogens (tertiary/aromatic N) is 1. The zero-order valence-corrected chi connectivity index (χ0v) is 16.0. The SMILES string of the molecule is COc1ccc(N2C(=O)/C(=C\c3cc4c(cc3Br)OCO4)NC2=S)cc1. The van der Waals surface area contributed by atoms with E-state index in [2.05, 4.69) is 21.2 Å². The lowest BCUT2D eigenvalue weighted by molar-refractivity contribution is -0.113. The Morgan fingerprint density at radius 3 is 2.62 bits per heavy atom. The Labute approximate surface area is 163 Å². The van der Waals surface area contributed by atoms with E-state index in [0.29, 0.717) is 33.7 Å². The molecule has 0 radical (unpaired) electrons. The molecule has 2 aliphatic heterocycles. The van der Waals surface area contributed by atoms with E-state index in [-0.39, 0.29) is 12.7 Å². The maximum atomic E-state index is 12.8. The number of rotatable bonds is 3. The number of halogens is 1. The number of hydrogen-bond acceptors (Lipinski definition) is 5. The van der Waals surface area contributed by atoms with E-state index in [1.165, 1.54) is 4.90 Å². The predicted molar refractivity (Wildman–Crippen MR) is 104 cm³/mol. The summed E-state index contributed by atoms with van der Waals surface area (Å²) < 4.78 is 16.7. The standard InChI is InChI=1S/C18H13BrN2O4S/c1-23-12-4-2-11(3-5-12)21-17(22)14(20-18(21)26)6-10-7-15-16(8-13(10)19)25-9-24-15/h2-8H,9H2,1H3,(H,20,26)/b14-6+. The van der Waals surface area contributed by atoms with Gasteiger partial charge in [0, 0.05) is 4.47 Å². The van der Waals surface area contributed by atoms with Crippen LogP contribution in [-0.4, -0.2) is 24.9 Å². The van der Waals surface area contributed by atoms with Crippen LogP contribution in [0.1, 0.15) is 5.56 Å². The molecule has 4 rings (SSSR count). The molecule has 0 unspecified atom stereocenters. The van der Waals surface area contributed by atoms with Gasteiger partial charge in [0.05, 0.1) is 12.8 Å². The Bertz CT molecular complexity index is 943. The van der Waals surface area contributed by atoms with Crippen molar-refractivity contribution in [3.63, 3.8) is 0 Å². The molecule has 1 saturated heterocycles. The van der Waals surface area contributed by atoms with Crippen LogP contribution in [0, 0.1) is 0 Å². The summed E-state index contributed by atoms with van der Waals surface area (Å²) in [4.78, 5) is 14.3. The molecular formula is C18H13BrN2O4S. The Morgan fingerprint density at radius 1 is 1.23 bits per heavy atom. The third kappa shape index (κ3) is 2.91. The van der Waals surface area contributed by atoms with Gasteiger partial charge in [-0.25, -0.2) is 0 Å². The maximum Gasteiger partial charge on any atom is 0.281 e. The predicted octanol–water partition coefficient (Wildman–Crippen LogP) is 3.45. The van der Waals surface area contributed by atoms with Crippen molar-refractivity contribution in [2.45, 2.75) is 0 Å². The second kappa shape index (κ2) is 6.62. The molecule has 1 amide bonds. The van der Waals surface area contributed by atoms with Crippen molar-refractivity contribution in [2.75, 3.05) is 18.8 Å². The van der Waals surface area contributed by atoms with Gasteiger partial charge in [-0.1, -0.05) is 15.9 Å². The third-order valence-corrected chi connectivity index (χ3v) is 4.97. The Kier molecular flexibility index (Phi) is 4.29. The molecule has 0 bridgehead atoms. The molecule has 0 aromatic heterocycles. The first kappa shape index (κ1) is 16.9. The van der Waals surface area contributed by atoms with Gasteiger partial charge in [-0.2, -0.15) is 0 Å². The number of amides is 1. The minimum absolute atomic E-state index is 0.189. The van der Waals surface area contributed by atoms with E-state index in [1.807, 2.05) is 12.1 Å². The Hall–Kier alpha value is -2.58. The fourth-order valence-corrected chi connectivity index (χ4v) is 3.43. The van der Waals surface area contributed by atoms with Gasteiger partial charge < -0.3 is 19.5 Å². The molecule has 6 nitrogen and oxygen atoms in total. The number of ether oxygens (including phenoxy) is 3. The fourth-order valence-electron chi connectivity index (χ4n) is 2.70. The van der Waals surface area contributed by atoms with Crippen LogP contribution in [0.3, 0.4) is 0 Å². The molecule has 0 atom stereocenters. The number of nitrogens with one attached hydrogen (secondary N) is 1. The summed E-state index contributed by atoms with van der Waals surface area (Å²) in [5.74, 6) is 1.78. The molecule has 132 valence electrons. The molecular weight excluding hydrogens is 420 g/mol. The highest BCUT2D eigenvalue weighted by Crippen LogP contribution is 2.38. The Morgan fingerprint density at radius 2 is 1.92 bits per heavy atom. The lowest BCUT2D eigenvalue weighted by Crippen LogP contribution is -2.30. The first-order valence-electron chi connectivity index (χ1n) is 7.67. The van der Waals surface area contributed by atoms with Gasteiger partial charge >= 0.3 is 0 Å². The number of carbonyl (C=O) groups is 1. The molecule has 0 spiro atoms. The number of methoxy groups -OCH3 is 1. The van der Waals surface area contributed by atoms with E-state index >= 15 is 0 Å². The highest BCUT2D eigenvalue weighted by atomic mass is 79.9. The number of carbonyl (C=O) groups excluding carboxylic acids is 1. The van der Waals surface area contributed by atoms with Crippen LogP contribution in [0.15, 0.2) is 46.6 Å². The molecule has 2 aromatic rings. The maximum absolute atomic E-state index is 12.8. The summed E-state index contributed by atoms with van der Waals surface area (Å²) in [6, 6.07) is 10.7. The van der Waals surface area contributed by atoms with Crippen LogP contribution in [0.4, 0.5) is 5.69 Å². The van der Waals surface area contributed by atoms with Crippen molar-refractivity contribution < 1.29 is 19.0 Å². The fraction of sp³-hybridized carbons (Fsp3) is 0.111. The summed E-state index contributed by atoms with van der Waals surface area (Å²) in [6.07, 6.45) is 1.73. The monoisotopic (exact) mass is 432 g/mol. The van der Waals surface area contributed by atoms with Gasteiger partial charge in [-0.3, -0.25) is 9.69 Å². The molecule has 1 fully saturated rings. The zero-order chi connectivity index (χ0) is 18.3. The number of thiocarbonyl (C=S) groups is 1. The van der Waals surface area contributed by atoms with E-state index in [1.54, 1.807) is 37.5 Å². The van der Waals surface area contributed by atoms with E-state index in [9.17, 15) is 4.79 Å². The molecule has 2 aromatic carbocycles. The summed E-state index contributed by atoms with van der Waals surface area (Å²) in [5, 5.41) is 3.29. The summed E-state index contributed by atoms with van der Waals surface area (Å²) in [6.45, 7) is 0.189. The van der Waals surface area contributed by atoms with Crippen LogP contribution >= 0.6 is 28.1 Å². The number of anilines is 1. The van der Waals surface area contributed by atoms with Crippen molar-refractivity contribution in [2.24, 2.45) is 0 Å². The molecule has 26 heavy (non-hydrogen) atoms. The summed E-state index contributed by atoms with van der Waals surface area (Å²) in [7, 11) is 1.59. The van der Waals surface area contributed by atoms with Crippen LogP contribution < -0.4 is 24.4 Å². The van der Waals surface area contributed by atoms with Crippen molar-refractivity contribution in [1.29, 1.82) is 0 Å². The van der Waals surface area contributed by atoms with Gasteiger partial charge in [0.1, 0.15) is 11.4 Å². The Balaban J connectivity index is 1.65. The topological polar surface area (TPSA) is 60.0 Å². The van der Waals surface area contributed by atoms with Crippen LogP contribution in [0.25, 0.3) is 6.08 Å². The van der Waals surface area contributed by atoms with E-state index in [0.717, 1.165) is 10.0 Å². The zero-order valence-electron chi connectivity index (χ0n) is 13.6. The molecule has 2 aliphatic rings. The number of fused-ring (bicyclic) bond motifs is 1. The van der Waals surface area contributed by atoms with Crippen molar-refractivity contribution >= 4 is 50.9 Å². The van der Waals surface area contributed by atoms with E-state index < -0.39 is 0 Å². The third-order valence-electron chi connectivity index (χ3n) is 4.00. The average molecular weight is 433 g/mol. The van der Waals surface area contributed by atoms with Crippen molar-refractivity contribution in [3.05, 3.63) is 52.1 Å². The van der Waals surface area contributed by atoms with Gasteiger partial charge in [-0.05, 0) is 60.3 Å². The van der Waals surface area contributed by atoms with Crippen LogP contribution in [0.2, 0.25) is 0 Å². The van der Waals surface area contributed by atoms with Crippen LogP contribution in [-0.2, 0) is 4.79 Å². The minimum atomic E-state index is -0.232.